The van der Waals surface area contributed by atoms with Gasteiger partial charge in [-0.2, -0.15) is 0 Å². The van der Waals surface area contributed by atoms with Crippen LogP contribution in [0.3, 0.4) is 0 Å². The summed E-state index contributed by atoms with van der Waals surface area (Å²) in [5.41, 5.74) is 1.15. The zero-order chi connectivity index (χ0) is 14.4. The Morgan fingerprint density at radius 2 is 1.84 bits per heavy atom. The van der Waals surface area contributed by atoms with Crippen LogP contribution in [0.4, 0.5) is 0 Å². The van der Waals surface area contributed by atoms with Gasteiger partial charge < -0.3 is 15.2 Å². The summed E-state index contributed by atoms with van der Waals surface area (Å²) in [6, 6.07) is 7.50. The fourth-order valence-electron chi connectivity index (χ4n) is 1.81. The van der Waals surface area contributed by atoms with Gasteiger partial charge in [0.2, 0.25) is 0 Å². The number of aliphatic hydroxyl groups is 1. The van der Waals surface area contributed by atoms with Crippen molar-refractivity contribution in [3.05, 3.63) is 29.8 Å². The van der Waals surface area contributed by atoms with Gasteiger partial charge in [-0.05, 0) is 46.2 Å². The molecule has 3 atom stereocenters. The third kappa shape index (κ3) is 5.75. The van der Waals surface area contributed by atoms with Gasteiger partial charge in [0.25, 0.3) is 5.91 Å². The topological polar surface area (TPSA) is 58.6 Å². The van der Waals surface area contributed by atoms with Crippen LogP contribution < -0.4 is 10.1 Å². The quantitative estimate of drug-likeness (QED) is 0.827. The maximum absolute atomic E-state index is 11.9. The van der Waals surface area contributed by atoms with Crippen molar-refractivity contribution in [2.45, 2.75) is 52.4 Å². The van der Waals surface area contributed by atoms with E-state index in [0.29, 0.717) is 12.2 Å². The molecular formula is C15H23NO3. The molecule has 106 valence electrons. The monoisotopic (exact) mass is 265 g/mol. The summed E-state index contributed by atoms with van der Waals surface area (Å²) < 4.78 is 5.56. The van der Waals surface area contributed by atoms with Gasteiger partial charge in [-0.25, -0.2) is 0 Å². The van der Waals surface area contributed by atoms with Gasteiger partial charge >= 0.3 is 0 Å². The lowest BCUT2D eigenvalue weighted by Crippen LogP contribution is -2.42. The first-order valence-corrected chi connectivity index (χ1v) is 6.60. The van der Waals surface area contributed by atoms with Crippen LogP contribution in [0.25, 0.3) is 0 Å². The molecule has 0 aliphatic carbocycles. The molecular weight excluding hydrogens is 242 g/mol. The minimum atomic E-state index is -0.556. The molecule has 0 aromatic heterocycles. The zero-order valence-electron chi connectivity index (χ0n) is 12.0. The average molecular weight is 265 g/mol. The van der Waals surface area contributed by atoms with E-state index >= 15 is 0 Å². The molecule has 0 saturated heterocycles. The van der Waals surface area contributed by atoms with E-state index in [0.717, 1.165) is 5.56 Å². The number of aliphatic hydroxyl groups excluding tert-OH is 1. The summed E-state index contributed by atoms with van der Waals surface area (Å²) in [7, 11) is 0. The van der Waals surface area contributed by atoms with Crippen molar-refractivity contribution in [2.24, 2.45) is 0 Å². The van der Waals surface area contributed by atoms with Gasteiger partial charge in [0.1, 0.15) is 5.75 Å². The highest BCUT2D eigenvalue weighted by Crippen LogP contribution is 2.13. The second-order valence-electron chi connectivity index (χ2n) is 5.07. The van der Waals surface area contributed by atoms with Crippen molar-refractivity contribution in [3.8, 4) is 5.75 Å². The Morgan fingerprint density at radius 3 is 2.37 bits per heavy atom. The Kier molecular flexibility index (Phi) is 5.83. The molecule has 2 N–H and O–H groups in total. The Labute approximate surface area is 114 Å². The fraction of sp³-hybridized carbons (Fsp3) is 0.533. The number of hydrogen-bond acceptors (Lipinski definition) is 3. The molecule has 0 fully saturated rings. The summed E-state index contributed by atoms with van der Waals surface area (Å²) in [6.07, 6.45) is -0.453. The second kappa shape index (κ2) is 7.14. The summed E-state index contributed by atoms with van der Waals surface area (Å²) in [4.78, 5) is 11.9. The van der Waals surface area contributed by atoms with Gasteiger partial charge in [-0.1, -0.05) is 17.7 Å². The summed E-state index contributed by atoms with van der Waals surface area (Å²) in [5.74, 6) is 0.505. The van der Waals surface area contributed by atoms with Gasteiger partial charge in [0.15, 0.2) is 6.10 Å². The van der Waals surface area contributed by atoms with E-state index in [-0.39, 0.29) is 11.9 Å². The van der Waals surface area contributed by atoms with E-state index in [1.165, 1.54) is 0 Å². The van der Waals surface area contributed by atoms with Crippen LogP contribution in [0.2, 0.25) is 0 Å². The average Bonchev–Trinajstić information content (AvgIpc) is 2.30. The van der Waals surface area contributed by atoms with Crippen molar-refractivity contribution in [2.75, 3.05) is 0 Å². The maximum Gasteiger partial charge on any atom is 0.260 e. The van der Waals surface area contributed by atoms with Crippen LogP contribution in [0.5, 0.6) is 5.75 Å². The maximum atomic E-state index is 11.9. The number of nitrogens with one attached hydrogen (secondary N) is 1. The summed E-state index contributed by atoms with van der Waals surface area (Å²) in [5, 5.41) is 12.1. The molecule has 1 rings (SSSR count). The van der Waals surface area contributed by atoms with Crippen molar-refractivity contribution in [3.63, 3.8) is 0 Å². The summed E-state index contributed by atoms with van der Waals surface area (Å²) in [6.45, 7) is 7.28. The first-order chi connectivity index (χ1) is 8.88. The number of aryl methyl sites for hydroxylation is 1. The third-order valence-corrected chi connectivity index (χ3v) is 2.79. The standard InChI is InChI=1S/C15H23NO3/c1-10-5-7-14(8-6-10)19-13(4)15(18)16-11(2)9-12(3)17/h5-8,11-13,17H,9H2,1-4H3,(H,16,18). The highest BCUT2D eigenvalue weighted by molar-refractivity contribution is 5.80. The molecule has 3 unspecified atom stereocenters. The first-order valence-electron chi connectivity index (χ1n) is 6.60. The molecule has 0 saturated carbocycles. The smallest absolute Gasteiger partial charge is 0.260 e. The lowest BCUT2D eigenvalue weighted by atomic mass is 10.1. The molecule has 0 radical (unpaired) electrons. The highest BCUT2D eigenvalue weighted by atomic mass is 16.5. The molecule has 0 spiro atoms. The van der Waals surface area contributed by atoms with Crippen LogP contribution in [-0.2, 0) is 4.79 Å². The van der Waals surface area contributed by atoms with E-state index in [9.17, 15) is 9.90 Å². The molecule has 0 bridgehead atoms. The van der Waals surface area contributed by atoms with Crippen LogP contribution in [0.1, 0.15) is 32.8 Å². The van der Waals surface area contributed by atoms with Gasteiger partial charge in [0.05, 0.1) is 6.10 Å². The van der Waals surface area contributed by atoms with Crippen LogP contribution >= 0.6 is 0 Å². The number of amides is 1. The van der Waals surface area contributed by atoms with E-state index < -0.39 is 12.2 Å². The van der Waals surface area contributed by atoms with Crippen molar-refractivity contribution in [1.29, 1.82) is 0 Å². The fourth-order valence-corrected chi connectivity index (χ4v) is 1.81. The zero-order valence-corrected chi connectivity index (χ0v) is 12.0. The summed E-state index contributed by atoms with van der Waals surface area (Å²) >= 11 is 0. The molecule has 0 aliphatic rings. The Morgan fingerprint density at radius 1 is 1.26 bits per heavy atom. The van der Waals surface area contributed by atoms with Gasteiger partial charge in [-0.3, -0.25) is 4.79 Å². The molecule has 0 heterocycles. The lowest BCUT2D eigenvalue weighted by molar-refractivity contribution is -0.128. The Hall–Kier alpha value is -1.55. The third-order valence-electron chi connectivity index (χ3n) is 2.79. The van der Waals surface area contributed by atoms with Crippen LogP contribution in [-0.4, -0.2) is 29.3 Å². The molecule has 1 aromatic rings. The molecule has 19 heavy (non-hydrogen) atoms. The van der Waals surface area contributed by atoms with E-state index in [2.05, 4.69) is 5.32 Å². The number of carbonyl (C=O) groups is 1. The lowest BCUT2D eigenvalue weighted by Gasteiger charge is -2.19. The van der Waals surface area contributed by atoms with E-state index in [1.54, 1.807) is 13.8 Å². The molecule has 1 aromatic carbocycles. The normalized spacial score (nSPS) is 15.4. The minimum Gasteiger partial charge on any atom is -0.481 e. The number of carbonyl (C=O) groups excluding carboxylic acids is 1. The van der Waals surface area contributed by atoms with Crippen molar-refractivity contribution >= 4 is 5.91 Å². The number of ether oxygens (including phenoxy) is 1. The van der Waals surface area contributed by atoms with Gasteiger partial charge in [-0.15, -0.1) is 0 Å². The second-order valence-corrected chi connectivity index (χ2v) is 5.07. The Bertz CT molecular complexity index is 400. The highest BCUT2D eigenvalue weighted by Gasteiger charge is 2.17. The predicted octanol–water partition coefficient (Wildman–Crippen LogP) is 2.04. The van der Waals surface area contributed by atoms with E-state index in [4.69, 9.17) is 4.74 Å². The minimum absolute atomic E-state index is 0.0726. The van der Waals surface area contributed by atoms with E-state index in [1.807, 2.05) is 38.1 Å². The largest absolute Gasteiger partial charge is 0.481 e. The number of hydrogen-bond donors (Lipinski definition) is 2. The predicted molar refractivity (Wildman–Crippen MR) is 75.2 cm³/mol. The Balaban J connectivity index is 2.46. The molecule has 0 aliphatic heterocycles. The number of benzene rings is 1. The SMILES string of the molecule is Cc1ccc(OC(C)C(=O)NC(C)CC(C)O)cc1. The van der Waals surface area contributed by atoms with Crippen LogP contribution in [0.15, 0.2) is 24.3 Å². The number of rotatable bonds is 6. The van der Waals surface area contributed by atoms with Gasteiger partial charge in [0, 0.05) is 6.04 Å². The van der Waals surface area contributed by atoms with Crippen LogP contribution in [0, 0.1) is 6.92 Å². The first kappa shape index (κ1) is 15.5. The van der Waals surface area contributed by atoms with Crippen molar-refractivity contribution < 1.29 is 14.6 Å². The van der Waals surface area contributed by atoms with Crippen molar-refractivity contribution in [1.82, 2.24) is 5.32 Å². The molecule has 4 nitrogen and oxygen atoms in total. The molecule has 1 amide bonds. The molecule has 4 heteroatoms.